The van der Waals surface area contributed by atoms with Crippen LogP contribution in [0.15, 0.2) is 36.4 Å². The van der Waals surface area contributed by atoms with Crippen molar-refractivity contribution in [1.29, 1.82) is 0 Å². The third-order valence-electron chi connectivity index (χ3n) is 3.13. The Morgan fingerprint density at radius 3 is 2.26 bits per heavy atom. The van der Waals surface area contributed by atoms with Crippen molar-refractivity contribution in [2.75, 3.05) is 7.11 Å². The van der Waals surface area contributed by atoms with Gasteiger partial charge in [-0.15, -0.1) is 0 Å². The number of hydrogen-bond donors (Lipinski definition) is 0. The van der Waals surface area contributed by atoms with Crippen LogP contribution in [0.25, 0.3) is 0 Å². The standard InChI is InChI=1S/C17H16Cl2O4/c1-10-4-9-14(18)16(15(10)19)23-13-7-5-12(6-8-13)22-11(2)17(20)21-3/h4-9,11H,1-3H3. The Morgan fingerprint density at radius 1 is 1.04 bits per heavy atom. The molecule has 1 atom stereocenters. The number of ether oxygens (including phenoxy) is 3. The highest BCUT2D eigenvalue weighted by atomic mass is 35.5. The Morgan fingerprint density at radius 2 is 1.65 bits per heavy atom. The molecule has 0 radical (unpaired) electrons. The second-order valence-corrected chi connectivity index (χ2v) is 5.65. The van der Waals surface area contributed by atoms with Gasteiger partial charge in [0.2, 0.25) is 0 Å². The fraction of sp³-hybridized carbons (Fsp3) is 0.235. The first-order valence-corrected chi connectivity index (χ1v) is 7.65. The minimum Gasteiger partial charge on any atom is -0.479 e. The van der Waals surface area contributed by atoms with E-state index in [0.29, 0.717) is 27.3 Å². The molecule has 2 aromatic carbocycles. The molecular formula is C17H16Cl2O4. The number of hydrogen-bond acceptors (Lipinski definition) is 4. The second kappa shape index (κ2) is 7.57. The molecule has 0 amide bonds. The summed E-state index contributed by atoms with van der Waals surface area (Å²) in [6, 6.07) is 10.3. The fourth-order valence-electron chi connectivity index (χ4n) is 1.85. The van der Waals surface area contributed by atoms with Crippen molar-refractivity contribution in [2.24, 2.45) is 0 Å². The molecule has 0 saturated carbocycles. The minimum absolute atomic E-state index is 0.407. The highest BCUT2D eigenvalue weighted by molar-refractivity contribution is 6.37. The molecule has 0 N–H and O–H groups in total. The zero-order valence-electron chi connectivity index (χ0n) is 12.9. The van der Waals surface area contributed by atoms with Crippen molar-refractivity contribution in [3.63, 3.8) is 0 Å². The van der Waals surface area contributed by atoms with Crippen LogP contribution in [0.1, 0.15) is 12.5 Å². The zero-order valence-corrected chi connectivity index (χ0v) is 14.4. The predicted molar refractivity (Wildman–Crippen MR) is 89.8 cm³/mol. The van der Waals surface area contributed by atoms with Gasteiger partial charge in [0.05, 0.1) is 17.2 Å². The lowest BCUT2D eigenvalue weighted by Crippen LogP contribution is -2.24. The lowest BCUT2D eigenvalue weighted by Gasteiger charge is -2.14. The van der Waals surface area contributed by atoms with Gasteiger partial charge in [0, 0.05) is 0 Å². The van der Waals surface area contributed by atoms with E-state index < -0.39 is 12.1 Å². The summed E-state index contributed by atoms with van der Waals surface area (Å²) in [6.45, 7) is 3.49. The van der Waals surface area contributed by atoms with E-state index in [1.54, 1.807) is 37.3 Å². The van der Waals surface area contributed by atoms with Crippen LogP contribution < -0.4 is 9.47 Å². The molecule has 122 valence electrons. The van der Waals surface area contributed by atoms with Crippen LogP contribution in [0.4, 0.5) is 0 Å². The predicted octanol–water partition coefficient (Wildman–Crippen LogP) is 5.03. The van der Waals surface area contributed by atoms with Crippen molar-refractivity contribution in [3.8, 4) is 17.2 Å². The smallest absolute Gasteiger partial charge is 0.346 e. The third-order valence-corrected chi connectivity index (χ3v) is 3.90. The summed E-state index contributed by atoms with van der Waals surface area (Å²) in [4.78, 5) is 11.3. The number of benzene rings is 2. The highest BCUT2D eigenvalue weighted by Gasteiger charge is 2.15. The van der Waals surface area contributed by atoms with Gasteiger partial charge < -0.3 is 14.2 Å². The van der Waals surface area contributed by atoms with Crippen LogP contribution in [-0.4, -0.2) is 19.2 Å². The van der Waals surface area contributed by atoms with Gasteiger partial charge in [-0.1, -0.05) is 29.3 Å². The Kier molecular flexibility index (Phi) is 5.74. The Hall–Kier alpha value is -1.91. The van der Waals surface area contributed by atoms with Crippen LogP contribution in [0.2, 0.25) is 10.0 Å². The molecule has 0 fully saturated rings. The number of aryl methyl sites for hydroxylation is 1. The summed E-state index contributed by atoms with van der Waals surface area (Å²) in [5.74, 6) is 1.04. The molecule has 0 spiro atoms. The number of esters is 1. The van der Waals surface area contributed by atoms with E-state index in [-0.39, 0.29) is 0 Å². The Bertz CT molecular complexity index is 698. The maximum absolute atomic E-state index is 11.3. The number of halogens is 2. The van der Waals surface area contributed by atoms with Crippen LogP contribution >= 0.6 is 23.2 Å². The summed E-state index contributed by atoms with van der Waals surface area (Å²) in [7, 11) is 1.31. The highest BCUT2D eigenvalue weighted by Crippen LogP contribution is 2.38. The summed E-state index contributed by atoms with van der Waals surface area (Å²) < 4.78 is 15.8. The average molecular weight is 355 g/mol. The van der Waals surface area contributed by atoms with Gasteiger partial charge in [0.1, 0.15) is 11.5 Å². The van der Waals surface area contributed by atoms with Gasteiger partial charge in [-0.05, 0) is 49.7 Å². The first kappa shape index (κ1) is 17.4. The van der Waals surface area contributed by atoms with Crippen molar-refractivity contribution in [2.45, 2.75) is 20.0 Å². The zero-order chi connectivity index (χ0) is 17.0. The summed E-state index contributed by atoms with van der Waals surface area (Å²) in [5.41, 5.74) is 0.873. The van der Waals surface area contributed by atoms with Gasteiger partial charge in [0.15, 0.2) is 11.9 Å². The molecule has 0 aliphatic rings. The maximum atomic E-state index is 11.3. The normalized spacial score (nSPS) is 11.7. The Labute approximate surface area is 144 Å². The average Bonchev–Trinajstić information content (AvgIpc) is 2.55. The molecule has 0 aliphatic carbocycles. The van der Waals surface area contributed by atoms with Gasteiger partial charge in [-0.3, -0.25) is 0 Å². The number of rotatable bonds is 5. The monoisotopic (exact) mass is 354 g/mol. The van der Waals surface area contributed by atoms with E-state index in [1.807, 2.05) is 13.0 Å². The molecule has 1 unspecified atom stereocenters. The Balaban J connectivity index is 2.12. The third kappa shape index (κ3) is 4.30. The van der Waals surface area contributed by atoms with E-state index in [4.69, 9.17) is 32.7 Å². The molecule has 2 aromatic rings. The van der Waals surface area contributed by atoms with Crippen LogP contribution in [-0.2, 0) is 9.53 Å². The molecule has 0 aromatic heterocycles. The van der Waals surface area contributed by atoms with E-state index in [9.17, 15) is 4.79 Å². The van der Waals surface area contributed by atoms with Crippen molar-refractivity contribution in [3.05, 3.63) is 52.0 Å². The number of carbonyl (C=O) groups excluding carboxylic acids is 1. The second-order valence-electron chi connectivity index (χ2n) is 4.86. The maximum Gasteiger partial charge on any atom is 0.346 e. The first-order chi connectivity index (χ1) is 10.9. The van der Waals surface area contributed by atoms with Crippen molar-refractivity contribution in [1.82, 2.24) is 0 Å². The first-order valence-electron chi connectivity index (χ1n) is 6.89. The molecule has 23 heavy (non-hydrogen) atoms. The van der Waals surface area contributed by atoms with E-state index in [2.05, 4.69) is 4.74 Å². The van der Waals surface area contributed by atoms with Gasteiger partial charge >= 0.3 is 5.97 Å². The van der Waals surface area contributed by atoms with Gasteiger partial charge in [0.25, 0.3) is 0 Å². The van der Waals surface area contributed by atoms with Crippen molar-refractivity contribution >= 4 is 29.2 Å². The molecule has 2 rings (SSSR count). The van der Waals surface area contributed by atoms with Crippen LogP contribution in [0.5, 0.6) is 17.2 Å². The molecule has 0 bridgehead atoms. The largest absolute Gasteiger partial charge is 0.479 e. The lowest BCUT2D eigenvalue weighted by atomic mass is 10.2. The number of carbonyl (C=O) groups is 1. The summed E-state index contributed by atoms with van der Waals surface area (Å²) in [5, 5.41) is 0.900. The van der Waals surface area contributed by atoms with Gasteiger partial charge in [-0.2, -0.15) is 0 Å². The van der Waals surface area contributed by atoms with Crippen molar-refractivity contribution < 1.29 is 19.0 Å². The van der Waals surface area contributed by atoms with E-state index in [0.717, 1.165) is 5.56 Å². The summed E-state index contributed by atoms with van der Waals surface area (Å²) in [6.07, 6.45) is -0.688. The molecular weight excluding hydrogens is 339 g/mol. The van der Waals surface area contributed by atoms with Gasteiger partial charge in [-0.25, -0.2) is 4.79 Å². The molecule has 4 nitrogen and oxygen atoms in total. The number of methoxy groups -OCH3 is 1. The quantitative estimate of drug-likeness (QED) is 0.706. The molecule has 6 heteroatoms. The molecule has 0 aliphatic heterocycles. The SMILES string of the molecule is COC(=O)C(C)Oc1ccc(Oc2c(Cl)ccc(C)c2Cl)cc1. The van der Waals surface area contributed by atoms with E-state index >= 15 is 0 Å². The fourth-order valence-corrected chi connectivity index (χ4v) is 2.29. The van der Waals surface area contributed by atoms with E-state index in [1.165, 1.54) is 7.11 Å². The molecule has 0 heterocycles. The molecule has 0 saturated heterocycles. The minimum atomic E-state index is -0.688. The summed E-state index contributed by atoms with van der Waals surface area (Å²) >= 11 is 12.3. The van der Waals surface area contributed by atoms with Crippen LogP contribution in [0, 0.1) is 6.92 Å². The van der Waals surface area contributed by atoms with Crippen LogP contribution in [0.3, 0.4) is 0 Å². The lowest BCUT2D eigenvalue weighted by molar-refractivity contribution is -0.147. The topological polar surface area (TPSA) is 44.8 Å².